The Morgan fingerprint density at radius 3 is 2.18 bits per heavy atom. The first-order valence-corrected chi connectivity index (χ1v) is 10.3. The standard InChI is InChI=1S/C21H20Cl3N3O/c1-15-20(21(28)27(25-15)19-8-4-17(24)5-9-19)14-16-2-6-18(7-3-16)26(12-10-22)13-11-23/h2-9,14H,10-13H2,1H3/b20-14-. The number of hydrazone groups is 1. The van der Waals surface area contributed by atoms with Gasteiger partial charge in [-0.3, -0.25) is 4.79 Å². The Labute approximate surface area is 180 Å². The summed E-state index contributed by atoms with van der Waals surface area (Å²) in [6.45, 7) is 3.29. The van der Waals surface area contributed by atoms with Crippen LogP contribution >= 0.6 is 34.8 Å². The van der Waals surface area contributed by atoms with Gasteiger partial charge >= 0.3 is 0 Å². The highest BCUT2D eigenvalue weighted by Crippen LogP contribution is 2.26. The molecule has 146 valence electrons. The Morgan fingerprint density at radius 1 is 1.00 bits per heavy atom. The molecule has 0 bridgehead atoms. The molecule has 0 saturated heterocycles. The van der Waals surface area contributed by atoms with Crippen LogP contribution in [0.2, 0.25) is 5.02 Å². The Morgan fingerprint density at radius 2 is 1.61 bits per heavy atom. The van der Waals surface area contributed by atoms with E-state index < -0.39 is 0 Å². The summed E-state index contributed by atoms with van der Waals surface area (Å²) in [6.07, 6.45) is 1.86. The second-order valence-corrected chi connectivity index (χ2v) is 7.49. The van der Waals surface area contributed by atoms with Crippen molar-refractivity contribution in [2.75, 3.05) is 34.8 Å². The molecule has 3 rings (SSSR count). The van der Waals surface area contributed by atoms with Crippen LogP contribution in [0, 0.1) is 0 Å². The number of nitrogens with zero attached hydrogens (tertiary/aromatic N) is 3. The summed E-state index contributed by atoms with van der Waals surface area (Å²) in [7, 11) is 0. The summed E-state index contributed by atoms with van der Waals surface area (Å²) in [5.41, 5.74) is 3.91. The Kier molecular flexibility index (Phi) is 7.00. The van der Waals surface area contributed by atoms with Crippen molar-refractivity contribution < 1.29 is 4.79 Å². The molecule has 1 aliphatic heterocycles. The summed E-state index contributed by atoms with van der Waals surface area (Å²) in [6, 6.07) is 15.0. The highest BCUT2D eigenvalue weighted by Gasteiger charge is 2.28. The third-order valence-electron chi connectivity index (χ3n) is 4.41. The van der Waals surface area contributed by atoms with Crippen LogP contribution in [-0.4, -0.2) is 36.5 Å². The lowest BCUT2D eigenvalue weighted by Crippen LogP contribution is -2.27. The number of benzene rings is 2. The van der Waals surface area contributed by atoms with Gasteiger partial charge in [0.05, 0.1) is 17.0 Å². The number of anilines is 2. The molecule has 0 saturated carbocycles. The summed E-state index contributed by atoms with van der Waals surface area (Å²) < 4.78 is 0. The molecule has 7 heteroatoms. The van der Waals surface area contributed by atoms with E-state index in [1.165, 1.54) is 5.01 Å². The molecule has 0 fully saturated rings. The van der Waals surface area contributed by atoms with Crippen molar-refractivity contribution in [3.63, 3.8) is 0 Å². The lowest BCUT2D eigenvalue weighted by molar-refractivity contribution is -0.114. The third kappa shape index (κ3) is 4.69. The average Bonchev–Trinajstić information content (AvgIpc) is 2.97. The second kappa shape index (κ2) is 9.46. The van der Waals surface area contributed by atoms with Gasteiger partial charge in [-0.15, -0.1) is 23.2 Å². The number of carbonyl (C=O) groups excluding carboxylic acids is 1. The predicted molar refractivity (Wildman–Crippen MR) is 120 cm³/mol. The molecule has 0 unspecified atom stereocenters. The fourth-order valence-corrected chi connectivity index (χ4v) is 3.50. The van der Waals surface area contributed by atoms with Crippen LogP contribution in [0.25, 0.3) is 6.08 Å². The van der Waals surface area contributed by atoms with Gasteiger partial charge in [-0.1, -0.05) is 23.7 Å². The van der Waals surface area contributed by atoms with Crippen LogP contribution in [0.1, 0.15) is 12.5 Å². The third-order valence-corrected chi connectivity index (χ3v) is 5.00. The molecule has 1 heterocycles. The first-order chi connectivity index (χ1) is 13.5. The molecule has 1 aliphatic rings. The summed E-state index contributed by atoms with van der Waals surface area (Å²) >= 11 is 17.7. The first kappa shape index (κ1) is 20.7. The lowest BCUT2D eigenvalue weighted by Gasteiger charge is -2.22. The second-order valence-electron chi connectivity index (χ2n) is 6.29. The van der Waals surface area contributed by atoms with Crippen molar-refractivity contribution in [2.45, 2.75) is 6.92 Å². The Hall–Kier alpha value is -2.01. The Balaban J connectivity index is 1.80. The first-order valence-electron chi connectivity index (χ1n) is 8.87. The van der Waals surface area contributed by atoms with E-state index in [0.29, 0.717) is 33.8 Å². The van der Waals surface area contributed by atoms with Crippen LogP contribution in [0.5, 0.6) is 0 Å². The number of hydrogen-bond acceptors (Lipinski definition) is 3. The molecule has 28 heavy (non-hydrogen) atoms. The monoisotopic (exact) mass is 435 g/mol. The highest BCUT2D eigenvalue weighted by atomic mass is 35.5. The maximum Gasteiger partial charge on any atom is 0.280 e. The van der Waals surface area contributed by atoms with Gasteiger partial charge in [0.25, 0.3) is 5.91 Å². The van der Waals surface area contributed by atoms with Gasteiger partial charge in [0.2, 0.25) is 0 Å². The highest BCUT2D eigenvalue weighted by molar-refractivity contribution is 6.32. The molecule has 0 aliphatic carbocycles. The molecular formula is C21H20Cl3N3O. The Bertz CT molecular complexity index is 886. The summed E-state index contributed by atoms with van der Waals surface area (Å²) in [5.74, 6) is 0.913. The van der Waals surface area contributed by atoms with E-state index in [2.05, 4.69) is 10.0 Å². The fourth-order valence-electron chi connectivity index (χ4n) is 2.96. The van der Waals surface area contributed by atoms with Gasteiger partial charge in [0.15, 0.2) is 0 Å². The predicted octanol–water partition coefficient (Wildman–Crippen LogP) is 5.43. The van der Waals surface area contributed by atoms with Gasteiger partial charge in [0.1, 0.15) is 0 Å². The van der Waals surface area contributed by atoms with Gasteiger partial charge in [-0.25, -0.2) is 0 Å². The van der Waals surface area contributed by atoms with Crippen LogP contribution in [0.3, 0.4) is 0 Å². The van der Waals surface area contributed by atoms with Gasteiger partial charge in [0, 0.05) is 35.6 Å². The number of alkyl halides is 2. The van der Waals surface area contributed by atoms with E-state index in [1.807, 2.05) is 37.3 Å². The average molecular weight is 437 g/mol. The molecule has 1 amide bonds. The van der Waals surface area contributed by atoms with E-state index in [1.54, 1.807) is 24.3 Å². The molecule has 0 atom stereocenters. The van der Waals surface area contributed by atoms with Gasteiger partial charge in [-0.2, -0.15) is 10.1 Å². The maximum atomic E-state index is 12.8. The quantitative estimate of drug-likeness (QED) is 0.428. The zero-order valence-corrected chi connectivity index (χ0v) is 17.7. The van der Waals surface area contributed by atoms with E-state index in [0.717, 1.165) is 24.3 Å². The smallest absolute Gasteiger partial charge is 0.280 e. The molecule has 2 aromatic carbocycles. The molecule has 0 radical (unpaired) electrons. The summed E-state index contributed by atoms with van der Waals surface area (Å²) in [4.78, 5) is 15.0. The van der Waals surface area contributed by atoms with Crippen LogP contribution in [-0.2, 0) is 4.79 Å². The van der Waals surface area contributed by atoms with Crippen molar-refractivity contribution in [3.8, 4) is 0 Å². The largest absolute Gasteiger partial charge is 0.369 e. The lowest BCUT2D eigenvalue weighted by atomic mass is 10.1. The molecule has 0 spiro atoms. The minimum Gasteiger partial charge on any atom is -0.369 e. The van der Waals surface area contributed by atoms with Gasteiger partial charge in [-0.05, 0) is 55.0 Å². The van der Waals surface area contributed by atoms with Gasteiger partial charge < -0.3 is 4.90 Å². The number of carbonyl (C=O) groups is 1. The minimum absolute atomic E-state index is 0.158. The number of hydrogen-bond donors (Lipinski definition) is 0. The molecular weight excluding hydrogens is 417 g/mol. The molecule has 0 aromatic heterocycles. The van der Waals surface area contributed by atoms with Crippen LogP contribution < -0.4 is 9.91 Å². The fraction of sp³-hybridized carbons (Fsp3) is 0.238. The van der Waals surface area contributed by atoms with Crippen LogP contribution in [0.4, 0.5) is 11.4 Å². The number of rotatable bonds is 7. The normalized spacial score (nSPS) is 15.3. The van der Waals surface area contributed by atoms with Crippen molar-refractivity contribution in [3.05, 3.63) is 64.7 Å². The zero-order chi connectivity index (χ0) is 20.1. The molecule has 4 nitrogen and oxygen atoms in total. The minimum atomic E-state index is -0.158. The van der Waals surface area contributed by atoms with Crippen molar-refractivity contribution in [2.24, 2.45) is 5.10 Å². The SMILES string of the molecule is CC1=NN(c2ccc(Cl)cc2)C(=O)/C1=C\c1ccc(N(CCCl)CCCl)cc1. The topological polar surface area (TPSA) is 35.9 Å². The summed E-state index contributed by atoms with van der Waals surface area (Å²) in [5, 5.41) is 6.41. The van der Waals surface area contributed by atoms with Crippen molar-refractivity contribution >= 4 is 63.9 Å². The molecule has 0 N–H and O–H groups in total. The molecule has 2 aromatic rings. The van der Waals surface area contributed by atoms with E-state index >= 15 is 0 Å². The zero-order valence-electron chi connectivity index (χ0n) is 15.4. The number of halogens is 3. The maximum absolute atomic E-state index is 12.8. The van der Waals surface area contributed by atoms with Crippen LogP contribution in [0.15, 0.2) is 59.2 Å². The van der Waals surface area contributed by atoms with E-state index in [-0.39, 0.29) is 5.91 Å². The van der Waals surface area contributed by atoms with E-state index in [4.69, 9.17) is 34.8 Å². The van der Waals surface area contributed by atoms with E-state index in [9.17, 15) is 4.79 Å². The number of amides is 1. The van der Waals surface area contributed by atoms with Crippen molar-refractivity contribution in [1.29, 1.82) is 0 Å². The van der Waals surface area contributed by atoms with Crippen molar-refractivity contribution in [1.82, 2.24) is 0 Å².